The minimum absolute atomic E-state index is 0.325. The van der Waals surface area contributed by atoms with Crippen LogP contribution >= 0.6 is 0 Å². The van der Waals surface area contributed by atoms with E-state index in [2.05, 4.69) is 21.6 Å². The van der Waals surface area contributed by atoms with Gasteiger partial charge < -0.3 is 15.8 Å². The molecule has 0 saturated heterocycles. The molecule has 0 fully saturated rings. The van der Waals surface area contributed by atoms with Crippen LogP contribution in [-0.2, 0) is 10.0 Å². The minimum atomic E-state index is -3.30. The number of guanidine groups is 1. The Balaban J connectivity index is 2.45. The smallest absolute Gasteiger partial charge is 0.229 e. The summed E-state index contributed by atoms with van der Waals surface area (Å²) in [6.07, 6.45) is 2.77. The fourth-order valence-electron chi connectivity index (χ4n) is 1.43. The number of nitrogens with one attached hydrogen (secondary N) is 2. The maximum Gasteiger partial charge on any atom is 0.229 e. The van der Waals surface area contributed by atoms with Gasteiger partial charge in [-0.25, -0.2) is 13.4 Å². The molecule has 7 nitrogen and oxygen atoms in total. The lowest BCUT2D eigenvalue weighted by atomic mass is 10.3. The van der Waals surface area contributed by atoms with Gasteiger partial charge in [0.05, 0.1) is 18.5 Å². The third kappa shape index (κ3) is 7.83. The second-order valence-electron chi connectivity index (χ2n) is 4.19. The van der Waals surface area contributed by atoms with E-state index in [0.717, 1.165) is 6.26 Å². The summed E-state index contributed by atoms with van der Waals surface area (Å²) in [5.74, 6) is 0.877. The van der Waals surface area contributed by atoms with E-state index in [-0.39, 0.29) is 0 Å². The van der Waals surface area contributed by atoms with Crippen molar-refractivity contribution in [1.29, 1.82) is 0 Å². The van der Waals surface area contributed by atoms with Crippen LogP contribution < -0.4 is 20.5 Å². The van der Waals surface area contributed by atoms with E-state index in [1.54, 1.807) is 30.3 Å². The van der Waals surface area contributed by atoms with Gasteiger partial charge in [0.1, 0.15) is 12.4 Å². The van der Waals surface area contributed by atoms with Crippen molar-refractivity contribution in [2.45, 2.75) is 0 Å². The largest absolute Gasteiger partial charge is 0.492 e. The molecule has 0 atom stereocenters. The number of rotatable bonds is 8. The highest BCUT2D eigenvalue weighted by Gasteiger charge is 2.02. The summed E-state index contributed by atoms with van der Waals surface area (Å²) < 4.78 is 30.1. The number of benzene rings is 1. The summed E-state index contributed by atoms with van der Waals surface area (Å²) >= 11 is 0. The van der Waals surface area contributed by atoms with Gasteiger partial charge in [-0.1, -0.05) is 12.1 Å². The van der Waals surface area contributed by atoms with Gasteiger partial charge in [0.2, 0.25) is 10.0 Å². The third-order valence-electron chi connectivity index (χ3n) is 2.21. The van der Waals surface area contributed by atoms with Gasteiger partial charge in [-0.15, -0.1) is 6.58 Å². The predicted octanol–water partition coefficient (Wildman–Crippen LogP) is 0.527. The van der Waals surface area contributed by atoms with E-state index in [1.165, 1.54) is 0 Å². The monoisotopic (exact) mass is 312 g/mol. The number of nitrogens with zero attached hydrogens (tertiary/aromatic N) is 1. The molecule has 8 heteroatoms. The Morgan fingerprint density at radius 2 is 2.29 bits per heavy atom. The molecule has 0 heterocycles. The molecule has 0 radical (unpaired) electrons. The lowest BCUT2D eigenvalue weighted by Gasteiger charge is -2.08. The van der Waals surface area contributed by atoms with E-state index in [9.17, 15) is 8.42 Å². The van der Waals surface area contributed by atoms with E-state index in [0.29, 0.717) is 37.1 Å². The van der Waals surface area contributed by atoms with E-state index in [1.807, 2.05) is 0 Å². The average molecular weight is 312 g/mol. The summed E-state index contributed by atoms with van der Waals surface area (Å²) in [6, 6.07) is 6.68. The Labute approximate surface area is 125 Å². The van der Waals surface area contributed by atoms with Crippen LogP contribution in [0.25, 0.3) is 0 Å². The number of ether oxygens (including phenoxy) is 1. The van der Waals surface area contributed by atoms with Crippen molar-refractivity contribution in [3.8, 4) is 5.75 Å². The predicted molar refractivity (Wildman–Crippen MR) is 85.1 cm³/mol. The topological polar surface area (TPSA) is 106 Å². The van der Waals surface area contributed by atoms with Crippen molar-refractivity contribution >= 4 is 21.7 Å². The first-order valence-corrected chi connectivity index (χ1v) is 8.15. The van der Waals surface area contributed by atoms with Gasteiger partial charge in [-0.3, -0.25) is 4.72 Å². The molecule has 4 N–H and O–H groups in total. The van der Waals surface area contributed by atoms with Gasteiger partial charge >= 0.3 is 0 Å². The summed E-state index contributed by atoms with van der Waals surface area (Å²) in [4.78, 5) is 4.06. The molecule has 0 bridgehead atoms. The molecule has 0 aliphatic carbocycles. The molecule has 0 aliphatic rings. The van der Waals surface area contributed by atoms with Crippen LogP contribution in [0, 0.1) is 0 Å². The molecule has 0 aromatic heterocycles. The van der Waals surface area contributed by atoms with Crippen molar-refractivity contribution in [1.82, 2.24) is 5.32 Å². The molecule has 1 aromatic carbocycles. The zero-order chi connectivity index (χ0) is 15.7. The van der Waals surface area contributed by atoms with Crippen LogP contribution in [0.2, 0.25) is 0 Å². The molecule has 116 valence electrons. The fourth-order valence-corrected chi connectivity index (χ4v) is 1.98. The minimum Gasteiger partial charge on any atom is -0.492 e. The van der Waals surface area contributed by atoms with Gasteiger partial charge in [-0.2, -0.15) is 0 Å². The molecule has 21 heavy (non-hydrogen) atoms. The van der Waals surface area contributed by atoms with Crippen molar-refractivity contribution < 1.29 is 13.2 Å². The van der Waals surface area contributed by atoms with Crippen molar-refractivity contribution in [3.05, 3.63) is 36.9 Å². The number of anilines is 1. The molecule has 0 amide bonds. The van der Waals surface area contributed by atoms with Crippen LogP contribution in [0.5, 0.6) is 5.75 Å². The van der Waals surface area contributed by atoms with Gasteiger partial charge in [0.15, 0.2) is 5.96 Å². The SMILES string of the molecule is C=CCNC(N)=NCCOc1cccc(NS(C)(=O)=O)c1. The first kappa shape index (κ1) is 16.8. The highest BCUT2D eigenvalue weighted by Crippen LogP contribution is 2.17. The number of nitrogens with two attached hydrogens (primary N) is 1. The molecule has 0 unspecified atom stereocenters. The number of aliphatic imine (C=N–C) groups is 1. The number of hydrogen-bond acceptors (Lipinski definition) is 4. The van der Waals surface area contributed by atoms with Crippen LogP contribution in [0.4, 0.5) is 5.69 Å². The summed E-state index contributed by atoms with van der Waals surface area (Å²) in [6.45, 7) is 4.83. The summed E-state index contributed by atoms with van der Waals surface area (Å²) in [7, 11) is -3.30. The molecule has 1 rings (SSSR count). The second-order valence-corrected chi connectivity index (χ2v) is 5.94. The van der Waals surface area contributed by atoms with Gasteiger partial charge in [0, 0.05) is 12.6 Å². The maximum atomic E-state index is 11.1. The highest BCUT2D eigenvalue weighted by molar-refractivity contribution is 7.92. The molecule has 0 saturated carbocycles. The van der Waals surface area contributed by atoms with E-state index < -0.39 is 10.0 Å². The first-order valence-electron chi connectivity index (χ1n) is 6.26. The lowest BCUT2D eigenvalue weighted by molar-refractivity contribution is 0.329. The number of sulfonamides is 1. The zero-order valence-electron chi connectivity index (χ0n) is 11.9. The van der Waals surface area contributed by atoms with Crippen LogP contribution in [0.15, 0.2) is 41.9 Å². The lowest BCUT2D eigenvalue weighted by Crippen LogP contribution is -2.32. The Morgan fingerprint density at radius 3 is 2.95 bits per heavy atom. The quantitative estimate of drug-likeness (QED) is 0.281. The molecule has 0 aliphatic heterocycles. The highest BCUT2D eigenvalue weighted by atomic mass is 32.2. The Hall–Kier alpha value is -2.22. The molecular formula is C13H20N4O3S. The van der Waals surface area contributed by atoms with E-state index in [4.69, 9.17) is 10.5 Å². The standard InChI is InChI=1S/C13H20N4O3S/c1-3-7-15-13(14)16-8-9-20-12-6-4-5-11(10-12)17-21(2,18)19/h3-6,10,17H,1,7-9H2,2H3,(H3,14,15,16). The number of hydrogen-bond donors (Lipinski definition) is 3. The Morgan fingerprint density at radius 1 is 1.52 bits per heavy atom. The second kappa shape index (κ2) is 8.15. The van der Waals surface area contributed by atoms with Gasteiger partial charge in [-0.05, 0) is 12.1 Å². The summed E-state index contributed by atoms with van der Waals surface area (Å²) in [5.41, 5.74) is 6.04. The molecular weight excluding hydrogens is 292 g/mol. The van der Waals surface area contributed by atoms with E-state index >= 15 is 0 Å². The third-order valence-corrected chi connectivity index (χ3v) is 2.81. The van der Waals surface area contributed by atoms with Crippen LogP contribution in [-0.4, -0.2) is 40.3 Å². The van der Waals surface area contributed by atoms with Crippen LogP contribution in [0.3, 0.4) is 0 Å². The average Bonchev–Trinajstić information content (AvgIpc) is 2.40. The molecule has 1 aromatic rings. The normalized spacial score (nSPS) is 11.8. The van der Waals surface area contributed by atoms with Crippen molar-refractivity contribution in [2.75, 3.05) is 30.7 Å². The first-order chi connectivity index (χ1) is 9.90. The summed E-state index contributed by atoms with van der Waals surface area (Å²) in [5, 5.41) is 2.84. The van der Waals surface area contributed by atoms with Gasteiger partial charge in [0.25, 0.3) is 0 Å². The maximum absolute atomic E-state index is 11.1. The fraction of sp³-hybridized carbons (Fsp3) is 0.308. The van der Waals surface area contributed by atoms with Crippen LogP contribution in [0.1, 0.15) is 0 Å². The Kier molecular flexibility index (Phi) is 6.54. The Bertz CT molecular complexity index is 599. The molecule has 0 spiro atoms. The zero-order valence-corrected chi connectivity index (χ0v) is 12.7. The van der Waals surface area contributed by atoms with Crippen molar-refractivity contribution in [2.24, 2.45) is 10.7 Å². The van der Waals surface area contributed by atoms with Crippen molar-refractivity contribution in [3.63, 3.8) is 0 Å².